The van der Waals surface area contributed by atoms with Gasteiger partial charge in [-0.05, 0) is 6.07 Å². The highest BCUT2D eigenvalue weighted by Crippen LogP contribution is 2.21. The molecule has 0 saturated carbocycles. The summed E-state index contributed by atoms with van der Waals surface area (Å²) in [5.74, 6) is 0.985. The topological polar surface area (TPSA) is 64.2 Å². The van der Waals surface area contributed by atoms with E-state index in [1.165, 1.54) is 0 Å². The van der Waals surface area contributed by atoms with Crippen molar-refractivity contribution in [3.05, 3.63) is 48.2 Å². The quantitative estimate of drug-likeness (QED) is 0.684. The smallest absolute Gasteiger partial charge is 0.180 e. The maximum absolute atomic E-state index is 12.5. The third kappa shape index (κ3) is 2.13. The van der Waals surface area contributed by atoms with Crippen LogP contribution in [0, 0.1) is 0 Å². The number of hydrogen-bond acceptors (Lipinski definition) is 5. The zero-order valence-electron chi connectivity index (χ0n) is 11.4. The Hall–Kier alpha value is -2.47. The summed E-state index contributed by atoms with van der Waals surface area (Å²) in [7, 11) is 0. The van der Waals surface area contributed by atoms with Gasteiger partial charge in [-0.15, -0.1) is 10.2 Å². The molecule has 106 valence electrons. The second-order valence-corrected chi connectivity index (χ2v) is 5.22. The number of aromatic nitrogens is 3. The standard InChI is InChI=1S/C15H14N4O2/c20-13(12-9-21-14-4-2-1-3-11(12)14)7-18-5-6-19-10-16-17-15(19)8-18/h1-4,9-10H,5-8H2. The van der Waals surface area contributed by atoms with Gasteiger partial charge in [-0.3, -0.25) is 9.69 Å². The van der Waals surface area contributed by atoms with E-state index >= 15 is 0 Å². The summed E-state index contributed by atoms with van der Waals surface area (Å²) >= 11 is 0. The molecule has 4 rings (SSSR count). The first-order valence-electron chi connectivity index (χ1n) is 6.90. The van der Waals surface area contributed by atoms with Crippen molar-refractivity contribution < 1.29 is 9.21 Å². The molecule has 3 aromatic rings. The summed E-state index contributed by atoms with van der Waals surface area (Å²) in [5.41, 5.74) is 1.40. The van der Waals surface area contributed by atoms with Crippen molar-refractivity contribution in [1.82, 2.24) is 19.7 Å². The van der Waals surface area contributed by atoms with Crippen LogP contribution in [0.3, 0.4) is 0 Å². The lowest BCUT2D eigenvalue weighted by Gasteiger charge is -2.25. The average molecular weight is 282 g/mol. The molecule has 1 aromatic carbocycles. The van der Waals surface area contributed by atoms with E-state index < -0.39 is 0 Å². The Kier molecular flexibility index (Phi) is 2.82. The molecular formula is C15H14N4O2. The summed E-state index contributed by atoms with van der Waals surface area (Å²) in [5, 5.41) is 8.84. The fourth-order valence-corrected chi connectivity index (χ4v) is 2.73. The molecular weight excluding hydrogens is 268 g/mol. The van der Waals surface area contributed by atoms with Crippen LogP contribution in [-0.4, -0.2) is 38.5 Å². The number of carbonyl (C=O) groups excluding carboxylic acids is 1. The number of carbonyl (C=O) groups is 1. The first-order valence-corrected chi connectivity index (χ1v) is 6.90. The maximum atomic E-state index is 12.5. The van der Waals surface area contributed by atoms with Gasteiger partial charge in [0.2, 0.25) is 0 Å². The van der Waals surface area contributed by atoms with Crippen LogP contribution in [0.5, 0.6) is 0 Å². The monoisotopic (exact) mass is 282 g/mol. The van der Waals surface area contributed by atoms with Crippen LogP contribution in [0.2, 0.25) is 0 Å². The molecule has 0 bridgehead atoms. The normalized spacial score (nSPS) is 15.2. The molecule has 0 amide bonds. The van der Waals surface area contributed by atoms with E-state index in [2.05, 4.69) is 15.1 Å². The summed E-state index contributed by atoms with van der Waals surface area (Å²) in [6.07, 6.45) is 3.29. The number of rotatable bonds is 3. The van der Waals surface area contributed by atoms with Crippen LogP contribution in [0.1, 0.15) is 16.2 Å². The minimum Gasteiger partial charge on any atom is -0.464 e. The second-order valence-electron chi connectivity index (χ2n) is 5.22. The third-order valence-corrected chi connectivity index (χ3v) is 3.87. The van der Waals surface area contributed by atoms with Crippen molar-refractivity contribution in [3.63, 3.8) is 0 Å². The second kappa shape index (κ2) is 4.82. The van der Waals surface area contributed by atoms with Crippen molar-refractivity contribution >= 4 is 16.8 Å². The van der Waals surface area contributed by atoms with Crippen LogP contribution in [0.4, 0.5) is 0 Å². The summed E-state index contributed by atoms with van der Waals surface area (Å²) in [6, 6.07) is 7.60. The average Bonchev–Trinajstić information content (AvgIpc) is 3.13. The minimum atomic E-state index is 0.0768. The van der Waals surface area contributed by atoms with Gasteiger partial charge in [-0.1, -0.05) is 18.2 Å². The van der Waals surface area contributed by atoms with Crippen LogP contribution >= 0.6 is 0 Å². The Morgan fingerprint density at radius 1 is 1.29 bits per heavy atom. The van der Waals surface area contributed by atoms with Gasteiger partial charge < -0.3 is 8.98 Å². The lowest BCUT2D eigenvalue weighted by molar-refractivity contribution is 0.0909. The van der Waals surface area contributed by atoms with E-state index in [1.807, 2.05) is 28.8 Å². The molecule has 0 radical (unpaired) electrons. The number of ketones is 1. The van der Waals surface area contributed by atoms with E-state index in [4.69, 9.17) is 4.42 Å². The molecule has 0 fully saturated rings. The molecule has 6 heteroatoms. The molecule has 0 aliphatic carbocycles. The van der Waals surface area contributed by atoms with Gasteiger partial charge >= 0.3 is 0 Å². The van der Waals surface area contributed by atoms with Crippen LogP contribution in [0.15, 0.2) is 41.3 Å². The maximum Gasteiger partial charge on any atom is 0.180 e. The summed E-state index contributed by atoms with van der Waals surface area (Å²) < 4.78 is 7.46. The number of nitrogens with zero attached hydrogens (tertiary/aromatic N) is 4. The summed E-state index contributed by atoms with van der Waals surface area (Å²) in [4.78, 5) is 14.6. The number of Topliss-reactive ketones (excluding diaryl/α,β-unsaturated/α-hetero) is 1. The highest BCUT2D eigenvalue weighted by atomic mass is 16.3. The molecule has 21 heavy (non-hydrogen) atoms. The fourth-order valence-electron chi connectivity index (χ4n) is 2.73. The zero-order chi connectivity index (χ0) is 14.2. The van der Waals surface area contributed by atoms with Crippen molar-refractivity contribution in [2.75, 3.05) is 13.1 Å². The van der Waals surface area contributed by atoms with Crippen molar-refractivity contribution in [1.29, 1.82) is 0 Å². The van der Waals surface area contributed by atoms with Gasteiger partial charge in [0.15, 0.2) is 5.78 Å². The predicted octanol–water partition coefficient (Wildman–Crippen LogP) is 1.72. The van der Waals surface area contributed by atoms with E-state index in [0.717, 1.165) is 29.9 Å². The van der Waals surface area contributed by atoms with Crippen molar-refractivity contribution in [2.45, 2.75) is 13.1 Å². The van der Waals surface area contributed by atoms with Gasteiger partial charge in [0, 0.05) is 18.5 Å². The Balaban J connectivity index is 1.54. The Bertz CT molecular complexity index is 805. The number of benzene rings is 1. The molecule has 0 saturated heterocycles. The molecule has 1 aliphatic heterocycles. The lowest BCUT2D eigenvalue weighted by atomic mass is 10.1. The number of fused-ring (bicyclic) bond motifs is 2. The Morgan fingerprint density at radius 3 is 3.14 bits per heavy atom. The molecule has 0 N–H and O–H groups in total. The number of furan rings is 1. The Morgan fingerprint density at radius 2 is 2.19 bits per heavy atom. The lowest BCUT2D eigenvalue weighted by Crippen LogP contribution is -2.37. The van der Waals surface area contributed by atoms with E-state index in [1.54, 1.807) is 12.6 Å². The molecule has 0 spiro atoms. The van der Waals surface area contributed by atoms with Crippen LogP contribution < -0.4 is 0 Å². The van der Waals surface area contributed by atoms with E-state index in [9.17, 15) is 4.79 Å². The minimum absolute atomic E-state index is 0.0768. The van der Waals surface area contributed by atoms with Gasteiger partial charge in [0.1, 0.15) is 24.0 Å². The number of hydrogen-bond donors (Lipinski definition) is 0. The SMILES string of the molecule is O=C(CN1CCn2cnnc2C1)c1coc2ccccc12. The Labute approximate surface area is 121 Å². The molecule has 1 aliphatic rings. The molecule has 0 unspecified atom stereocenters. The van der Waals surface area contributed by atoms with E-state index in [0.29, 0.717) is 18.7 Å². The molecule has 2 aromatic heterocycles. The molecule has 6 nitrogen and oxygen atoms in total. The van der Waals surface area contributed by atoms with Crippen molar-refractivity contribution in [2.24, 2.45) is 0 Å². The number of para-hydroxylation sites is 1. The first kappa shape index (κ1) is 12.3. The third-order valence-electron chi connectivity index (χ3n) is 3.87. The largest absolute Gasteiger partial charge is 0.464 e. The zero-order valence-corrected chi connectivity index (χ0v) is 11.4. The van der Waals surface area contributed by atoms with Crippen LogP contribution in [-0.2, 0) is 13.1 Å². The van der Waals surface area contributed by atoms with Gasteiger partial charge in [-0.25, -0.2) is 0 Å². The predicted molar refractivity (Wildman–Crippen MR) is 75.8 cm³/mol. The fraction of sp³-hybridized carbons (Fsp3) is 0.267. The highest BCUT2D eigenvalue weighted by molar-refractivity contribution is 6.08. The van der Waals surface area contributed by atoms with Crippen LogP contribution in [0.25, 0.3) is 11.0 Å². The molecule has 0 atom stereocenters. The summed E-state index contributed by atoms with van der Waals surface area (Å²) in [6.45, 7) is 2.67. The van der Waals surface area contributed by atoms with E-state index in [-0.39, 0.29) is 5.78 Å². The van der Waals surface area contributed by atoms with Gasteiger partial charge in [-0.2, -0.15) is 0 Å². The van der Waals surface area contributed by atoms with Gasteiger partial charge in [0.25, 0.3) is 0 Å². The van der Waals surface area contributed by atoms with Gasteiger partial charge in [0.05, 0.1) is 18.7 Å². The molecule has 3 heterocycles. The van der Waals surface area contributed by atoms with Crippen molar-refractivity contribution in [3.8, 4) is 0 Å². The highest BCUT2D eigenvalue weighted by Gasteiger charge is 2.21. The first-order chi connectivity index (χ1) is 10.3.